The Morgan fingerprint density at radius 3 is 2.11 bits per heavy atom. The van der Waals surface area contributed by atoms with Gasteiger partial charge in [0, 0.05) is 13.1 Å². The van der Waals surface area contributed by atoms with Crippen LogP contribution in [0.5, 0.6) is 0 Å². The summed E-state index contributed by atoms with van der Waals surface area (Å²) in [5.41, 5.74) is 6.47. The molecule has 0 aromatic heterocycles. The van der Waals surface area contributed by atoms with Crippen molar-refractivity contribution in [2.45, 2.75) is 58.0 Å². The van der Waals surface area contributed by atoms with Crippen LogP contribution in [-0.2, 0) is 14.9 Å². The number of aliphatic hydroxyl groups is 1. The lowest BCUT2D eigenvalue weighted by molar-refractivity contribution is -0.148. The first-order valence-electron chi connectivity index (χ1n) is 13.9. The van der Waals surface area contributed by atoms with Crippen molar-refractivity contribution in [2.24, 2.45) is 0 Å². The zero-order chi connectivity index (χ0) is 27.0. The molecule has 3 aromatic rings. The minimum absolute atomic E-state index is 0.243. The van der Waals surface area contributed by atoms with E-state index < -0.39 is 11.5 Å². The Hall–Kier alpha value is -3.21. The number of rotatable bonds is 10. The SMILES string of the molecule is CCOC(=O)C(C)(C)c1cccc(C(O)CCCN2CCC(=C(c3ccccc3)c3ccccc3)CC2)c1. The lowest BCUT2D eigenvalue weighted by Crippen LogP contribution is -2.32. The van der Waals surface area contributed by atoms with E-state index in [1.807, 2.05) is 45.0 Å². The van der Waals surface area contributed by atoms with Crippen LogP contribution >= 0.6 is 0 Å². The number of nitrogens with zero attached hydrogens (tertiary/aromatic N) is 1. The molecule has 4 heteroatoms. The lowest BCUT2D eigenvalue weighted by atomic mass is 9.83. The molecule has 1 heterocycles. The van der Waals surface area contributed by atoms with Crippen molar-refractivity contribution in [3.63, 3.8) is 0 Å². The lowest BCUT2D eigenvalue weighted by Gasteiger charge is -2.30. The molecule has 0 radical (unpaired) electrons. The summed E-state index contributed by atoms with van der Waals surface area (Å²) in [6.07, 6.45) is 3.20. The smallest absolute Gasteiger partial charge is 0.315 e. The predicted octanol–water partition coefficient (Wildman–Crippen LogP) is 6.94. The largest absolute Gasteiger partial charge is 0.465 e. The molecule has 0 aliphatic carbocycles. The molecule has 1 unspecified atom stereocenters. The number of hydrogen-bond donors (Lipinski definition) is 1. The molecule has 38 heavy (non-hydrogen) atoms. The average Bonchev–Trinajstić information content (AvgIpc) is 2.95. The highest BCUT2D eigenvalue weighted by atomic mass is 16.5. The third-order valence-electron chi connectivity index (χ3n) is 7.67. The number of likely N-dealkylation sites (tertiary alicyclic amines) is 1. The minimum Gasteiger partial charge on any atom is -0.465 e. The van der Waals surface area contributed by atoms with Crippen LogP contribution in [-0.4, -0.2) is 42.2 Å². The van der Waals surface area contributed by atoms with E-state index in [9.17, 15) is 9.90 Å². The zero-order valence-corrected chi connectivity index (χ0v) is 23.0. The van der Waals surface area contributed by atoms with Gasteiger partial charge in [0.05, 0.1) is 18.1 Å². The normalized spacial score (nSPS) is 15.2. The van der Waals surface area contributed by atoms with Gasteiger partial charge < -0.3 is 14.7 Å². The second-order valence-corrected chi connectivity index (χ2v) is 10.7. The van der Waals surface area contributed by atoms with Crippen LogP contribution in [0.25, 0.3) is 5.57 Å². The highest BCUT2D eigenvalue weighted by Gasteiger charge is 2.31. The molecule has 1 atom stereocenters. The summed E-state index contributed by atoms with van der Waals surface area (Å²) in [5.74, 6) is -0.243. The van der Waals surface area contributed by atoms with Gasteiger partial charge in [0.2, 0.25) is 0 Å². The van der Waals surface area contributed by atoms with Gasteiger partial charge >= 0.3 is 5.97 Å². The van der Waals surface area contributed by atoms with Gasteiger partial charge in [0.25, 0.3) is 0 Å². The van der Waals surface area contributed by atoms with E-state index in [0.717, 1.165) is 50.0 Å². The molecule has 4 rings (SSSR count). The molecular weight excluding hydrogens is 470 g/mol. The molecule has 1 aliphatic rings. The first-order valence-corrected chi connectivity index (χ1v) is 13.9. The average molecular weight is 512 g/mol. The van der Waals surface area contributed by atoms with Crippen molar-refractivity contribution in [1.29, 1.82) is 0 Å². The second kappa shape index (κ2) is 13.0. The number of hydrogen-bond acceptors (Lipinski definition) is 4. The van der Waals surface area contributed by atoms with Crippen LogP contribution in [0.2, 0.25) is 0 Å². The maximum atomic E-state index is 12.4. The van der Waals surface area contributed by atoms with Crippen LogP contribution in [0.4, 0.5) is 0 Å². The summed E-state index contributed by atoms with van der Waals surface area (Å²) < 4.78 is 5.26. The molecule has 1 fully saturated rings. The van der Waals surface area contributed by atoms with Crippen molar-refractivity contribution < 1.29 is 14.6 Å². The van der Waals surface area contributed by atoms with E-state index in [1.54, 1.807) is 0 Å². The third kappa shape index (κ3) is 6.80. The number of carbonyl (C=O) groups excluding carboxylic acids is 1. The van der Waals surface area contributed by atoms with Crippen LogP contribution in [0, 0.1) is 0 Å². The summed E-state index contributed by atoms with van der Waals surface area (Å²) in [6.45, 7) is 8.98. The first kappa shape index (κ1) is 27.8. The van der Waals surface area contributed by atoms with Gasteiger partial charge in [-0.2, -0.15) is 0 Å². The Morgan fingerprint density at radius 1 is 0.921 bits per heavy atom. The van der Waals surface area contributed by atoms with Gasteiger partial charge in [0.15, 0.2) is 0 Å². The van der Waals surface area contributed by atoms with Crippen molar-refractivity contribution >= 4 is 11.5 Å². The van der Waals surface area contributed by atoms with E-state index in [-0.39, 0.29) is 5.97 Å². The number of ether oxygens (including phenoxy) is 1. The molecule has 200 valence electrons. The highest BCUT2D eigenvalue weighted by Crippen LogP contribution is 2.33. The van der Waals surface area contributed by atoms with E-state index in [0.29, 0.717) is 13.0 Å². The summed E-state index contributed by atoms with van der Waals surface area (Å²) in [6, 6.07) is 29.2. The van der Waals surface area contributed by atoms with Crippen LogP contribution in [0.3, 0.4) is 0 Å². The van der Waals surface area contributed by atoms with Gasteiger partial charge in [-0.05, 0) is 80.8 Å². The van der Waals surface area contributed by atoms with Crippen molar-refractivity contribution in [3.05, 3.63) is 113 Å². The van der Waals surface area contributed by atoms with Gasteiger partial charge in [-0.1, -0.05) is 90.5 Å². The zero-order valence-electron chi connectivity index (χ0n) is 23.0. The van der Waals surface area contributed by atoms with E-state index in [1.165, 1.54) is 22.3 Å². The molecule has 1 aliphatic heterocycles. The standard InChI is InChI=1S/C34H41NO3/c1-4-38-33(37)34(2,3)30-18-11-17-29(25-30)31(36)19-12-22-35-23-20-28(21-24-35)32(26-13-7-5-8-14-26)27-15-9-6-10-16-27/h5-11,13-18,25,31,36H,4,12,19-24H2,1-3H3. The maximum absolute atomic E-state index is 12.4. The number of carbonyl (C=O) groups is 1. The molecule has 1 saturated heterocycles. The van der Waals surface area contributed by atoms with Gasteiger partial charge in [0.1, 0.15) is 0 Å². The molecular formula is C34H41NO3. The quantitative estimate of drug-likeness (QED) is 0.300. The topological polar surface area (TPSA) is 49.8 Å². The Labute approximate surface area is 228 Å². The Balaban J connectivity index is 1.34. The Bertz CT molecular complexity index is 1170. The monoisotopic (exact) mass is 511 g/mol. The minimum atomic E-state index is -0.747. The fourth-order valence-electron chi connectivity index (χ4n) is 5.32. The molecule has 0 spiro atoms. The van der Waals surface area contributed by atoms with Crippen LogP contribution in [0.15, 0.2) is 90.5 Å². The molecule has 0 saturated carbocycles. The van der Waals surface area contributed by atoms with Gasteiger partial charge in [-0.25, -0.2) is 0 Å². The molecule has 0 bridgehead atoms. The van der Waals surface area contributed by atoms with E-state index >= 15 is 0 Å². The maximum Gasteiger partial charge on any atom is 0.315 e. The van der Waals surface area contributed by atoms with Crippen LogP contribution in [0.1, 0.15) is 74.8 Å². The second-order valence-electron chi connectivity index (χ2n) is 10.7. The van der Waals surface area contributed by atoms with Crippen molar-refractivity contribution in [3.8, 4) is 0 Å². The summed E-state index contributed by atoms with van der Waals surface area (Å²) in [4.78, 5) is 14.9. The first-order chi connectivity index (χ1) is 18.4. The number of benzene rings is 3. The number of aliphatic hydroxyl groups excluding tert-OH is 1. The van der Waals surface area contributed by atoms with E-state index in [2.05, 4.69) is 65.6 Å². The fourth-order valence-corrected chi connectivity index (χ4v) is 5.32. The van der Waals surface area contributed by atoms with Gasteiger partial charge in [-0.15, -0.1) is 0 Å². The van der Waals surface area contributed by atoms with Gasteiger partial charge in [-0.3, -0.25) is 4.79 Å². The Morgan fingerprint density at radius 2 is 1.53 bits per heavy atom. The Kier molecular flexibility index (Phi) is 9.54. The molecule has 3 aromatic carbocycles. The van der Waals surface area contributed by atoms with Crippen LogP contribution < -0.4 is 0 Å². The predicted molar refractivity (Wildman–Crippen MR) is 155 cm³/mol. The summed E-state index contributed by atoms with van der Waals surface area (Å²) in [5, 5.41) is 10.9. The molecule has 0 amide bonds. The third-order valence-corrected chi connectivity index (χ3v) is 7.67. The van der Waals surface area contributed by atoms with Crippen molar-refractivity contribution in [1.82, 2.24) is 4.90 Å². The molecule has 1 N–H and O–H groups in total. The fraction of sp³-hybridized carbons (Fsp3) is 0.382. The number of piperidine rings is 1. The number of esters is 1. The molecule has 4 nitrogen and oxygen atoms in total. The highest BCUT2D eigenvalue weighted by molar-refractivity contribution is 5.83. The summed E-state index contributed by atoms with van der Waals surface area (Å²) in [7, 11) is 0. The summed E-state index contributed by atoms with van der Waals surface area (Å²) >= 11 is 0. The van der Waals surface area contributed by atoms with E-state index in [4.69, 9.17) is 4.74 Å². The van der Waals surface area contributed by atoms with Crippen molar-refractivity contribution in [2.75, 3.05) is 26.2 Å².